The molecule has 0 saturated heterocycles. The summed E-state index contributed by atoms with van der Waals surface area (Å²) in [4.78, 5) is 0. The fourth-order valence-corrected chi connectivity index (χ4v) is 2.42. The average molecular weight is 348 g/mol. The van der Waals surface area contributed by atoms with Crippen LogP contribution in [-0.4, -0.2) is 6.21 Å². The lowest BCUT2D eigenvalue weighted by molar-refractivity contribution is 0.306. The normalized spacial score (nSPS) is 10.9. The van der Waals surface area contributed by atoms with Crippen LogP contribution < -0.4 is 10.2 Å². The molecular weight excluding hydrogens is 327 g/mol. The van der Waals surface area contributed by atoms with Crippen molar-refractivity contribution in [1.82, 2.24) is 0 Å². The van der Waals surface area contributed by atoms with Gasteiger partial charge in [-0.3, -0.25) is 5.43 Å². The highest BCUT2D eigenvalue weighted by Crippen LogP contribution is 2.16. The molecule has 3 rings (SSSR count). The first-order chi connectivity index (χ1) is 12.6. The minimum absolute atomic E-state index is 0.247. The Kier molecular flexibility index (Phi) is 5.64. The second kappa shape index (κ2) is 8.30. The number of benzene rings is 3. The summed E-state index contributed by atoms with van der Waals surface area (Å²) in [5, 5.41) is 4.28. The van der Waals surface area contributed by atoms with Gasteiger partial charge in [-0.25, -0.2) is 4.39 Å². The van der Waals surface area contributed by atoms with Crippen molar-refractivity contribution < 1.29 is 9.13 Å². The van der Waals surface area contributed by atoms with E-state index in [1.807, 2.05) is 30.3 Å². The van der Waals surface area contributed by atoms with Crippen molar-refractivity contribution in [3.8, 4) is 5.75 Å². The van der Waals surface area contributed by atoms with Crippen molar-refractivity contribution in [2.45, 2.75) is 20.5 Å². The molecule has 0 atom stereocenters. The Morgan fingerprint density at radius 1 is 0.962 bits per heavy atom. The minimum atomic E-state index is -0.247. The minimum Gasteiger partial charge on any atom is -0.489 e. The lowest BCUT2D eigenvalue weighted by Crippen LogP contribution is -1.96. The molecule has 26 heavy (non-hydrogen) atoms. The second-order valence-corrected chi connectivity index (χ2v) is 6.16. The van der Waals surface area contributed by atoms with Crippen molar-refractivity contribution in [3.05, 3.63) is 94.8 Å². The molecule has 0 aliphatic heterocycles. The summed E-state index contributed by atoms with van der Waals surface area (Å²) in [7, 11) is 0. The Hall–Kier alpha value is -3.14. The van der Waals surface area contributed by atoms with E-state index in [9.17, 15) is 4.39 Å². The summed E-state index contributed by atoms with van der Waals surface area (Å²) in [6, 6.07) is 20.1. The van der Waals surface area contributed by atoms with Crippen molar-refractivity contribution in [3.63, 3.8) is 0 Å². The van der Waals surface area contributed by atoms with E-state index in [0.29, 0.717) is 6.61 Å². The van der Waals surface area contributed by atoms with Gasteiger partial charge in [0.1, 0.15) is 18.2 Å². The third-order valence-corrected chi connectivity index (χ3v) is 4.09. The molecule has 3 aromatic rings. The van der Waals surface area contributed by atoms with Gasteiger partial charge < -0.3 is 4.74 Å². The first kappa shape index (κ1) is 17.7. The largest absolute Gasteiger partial charge is 0.489 e. The van der Waals surface area contributed by atoms with Crippen LogP contribution >= 0.6 is 0 Å². The van der Waals surface area contributed by atoms with E-state index < -0.39 is 0 Å². The van der Waals surface area contributed by atoms with Gasteiger partial charge in [-0.05, 0) is 72.5 Å². The van der Waals surface area contributed by atoms with Crippen LogP contribution in [0.3, 0.4) is 0 Å². The summed E-state index contributed by atoms with van der Waals surface area (Å²) in [6.45, 7) is 4.55. The Morgan fingerprint density at radius 2 is 1.77 bits per heavy atom. The number of hydrazone groups is 1. The number of aryl methyl sites for hydroxylation is 2. The maximum Gasteiger partial charge on any atom is 0.123 e. The van der Waals surface area contributed by atoms with E-state index in [2.05, 4.69) is 36.5 Å². The van der Waals surface area contributed by atoms with Gasteiger partial charge in [0.2, 0.25) is 0 Å². The molecule has 0 aromatic heterocycles. The molecule has 0 aliphatic rings. The lowest BCUT2D eigenvalue weighted by atomic mass is 10.1. The maximum absolute atomic E-state index is 12.9. The van der Waals surface area contributed by atoms with Crippen molar-refractivity contribution >= 4 is 11.9 Å². The van der Waals surface area contributed by atoms with Crippen LogP contribution in [0.5, 0.6) is 5.75 Å². The zero-order valence-corrected chi connectivity index (χ0v) is 14.9. The zero-order valence-electron chi connectivity index (χ0n) is 14.9. The van der Waals surface area contributed by atoms with Crippen molar-refractivity contribution in [2.24, 2.45) is 5.10 Å². The Labute approximate surface area is 153 Å². The maximum atomic E-state index is 12.9. The fourth-order valence-electron chi connectivity index (χ4n) is 2.42. The van der Waals surface area contributed by atoms with Crippen molar-refractivity contribution in [2.75, 3.05) is 5.43 Å². The quantitative estimate of drug-likeness (QED) is 0.473. The Morgan fingerprint density at radius 3 is 2.54 bits per heavy atom. The smallest absolute Gasteiger partial charge is 0.123 e. The molecule has 3 aromatic carbocycles. The van der Waals surface area contributed by atoms with E-state index >= 15 is 0 Å². The topological polar surface area (TPSA) is 33.6 Å². The summed E-state index contributed by atoms with van der Waals surface area (Å²) < 4.78 is 18.7. The lowest BCUT2D eigenvalue weighted by Gasteiger charge is -2.07. The number of hydrogen-bond donors (Lipinski definition) is 1. The van der Waals surface area contributed by atoms with E-state index in [0.717, 1.165) is 22.6 Å². The van der Waals surface area contributed by atoms with Gasteiger partial charge in [0.15, 0.2) is 0 Å². The first-order valence-corrected chi connectivity index (χ1v) is 8.44. The SMILES string of the molecule is Cc1ccc(NN=Cc2cccc(OCc3ccc(F)cc3)c2)cc1C. The number of halogens is 1. The molecule has 4 heteroatoms. The van der Waals surface area contributed by atoms with Gasteiger partial charge in [-0.15, -0.1) is 0 Å². The van der Waals surface area contributed by atoms with E-state index in [1.165, 1.54) is 23.3 Å². The average Bonchev–Trinajstić information content (AvgIpc) is 2.65. The molecule has 0 fully saturated rings. The second-order valence-electron chi connectivity index (χ2n) is 6.16. The molecule has 0 bridgehead atoms. The standard InChI is InChI=1S/C22H21FN2O/c1-16-6-11-21(12-17(16)2)25-24-14-19-4-3-5-22(13-19)26-15-18-7-9-20(23)10-8-18/h3-14,25H,15H2,1-2H3. The highest BCUT2D eigenvalue weighted by molar-refractivity contribution is 5.80. The summed E-state index contributed by atoms with van der Waals surface area (Å²) in [5.41, 5.74) is 8.31. The van der Waals surface area contributed by atoms with Crippen LogP contribution in [0.15, 0.2) is 71.8 Å². The van der Waals surface area contributed by atoms with E-state index in [4.69, 9.17) is 4.74 Å². The van der Waals surface area contributed by atoms with E-state index in [1.54, 1.807) is 18.3 Å². The highest BCUT2D eigenvalue weighted by atomic mass is 19.1. The number of anilines is 1. The molecule has 132 valence electrons. The molecular formula is C22H21FN2O. The molecule has 0 amide bonds. The summed E-state index contributed by atoms with van der Waals surface area (Å²) >= 11 is 0. The molecule has 0 spiro atoms. The van der Waals surface area contributed by atoms with Gasteiger partial charge in [0.05, 0.1) is 11.9 Å². The molecule has 0 saturated carbocycles. The predicted octanol–water partition coefficient (Wildman–Crippen LogP) is 5.47. The molecule has 1 N–H and O–H groups in total. The number of nitrogens with zero attached hydrogens (tertiary/aromatic N) is 1. The molecule has 3 nitrogen and oxygen atoms in total. The zero-order chi connectivity index (χ0) is 18.4. The van der Waals surface area contributed by atoms with Crippen LogP contribution in [0, 0.1) is 19.7 Å². The number of ether oxygens (including phenoxy) is 1. The third kappa shape index (κ3) is 4.93. The number of nitrogens with one attached hydrogen (secondary N) is 1. The number of hydrogen-bond acceptors (Lipinski definition) is 3. The summed E-state index contributed by atoms with van der Waals surface area (Å²) in [5.74, 6) is 0.493. The van der Waals surface area contributed by atoms with Gasteiger partial charge in [-0.2, -0.15) is 5.10 Å². The van der Waals surface area contributed by atoms with Crippen LogP contribution in [0.1, 0.15) is 22.3 Å². The van der Waals surface area contributed by atoms with Gasteiger partial charge in [0.25, 0.3) is 0 Å². The van der Waals surface area contributed by atoms with Crippen LogP contribution in [-0.2, 0) is 6.61 Å². The van der Waals surface area contributed by atoms with Gasteiger partial charge in [0, 0.05) is 0 Å². The predicted molar refractivity (Wildman–Crippen MR) is 104 cm³/mol. The monoisotopic (exact) mass is 348 g/mol. The fraction of sp³-hybridized carbons (Fsp3) is 0.136. The third-order valence-electron chi connectivity index (χ3n) is 4.09. The number of rotatable bonds is 6. The highest BCUT2D eigenvalue weighted by Gasteiger charge is 1.99. The summed E-state index contributed by atoms with van der Waals surface area (Å²) in [6.07, 6.45) is 1.75. The molecule has 0 unspecified atom stereocenters. The van der Waals surface area contributed by atoms with Crippen LogP contribution in [0.4, 0.5) is 10.1 Å². The molecule has 0 radical (unpaired) electrons. The van der Waals surface area contributed by atoms with Gasteiger partial charge in [-0.1, -0.05) is 30.3 Å². The Balaban J connectivity index is 1.59. The first-order valence-electron chi connectivity index (χ1n) is 8.44. The van der Waals surface area contributed by atoms with Crippen molar-refractivity contribution in [1.29, 1.82) is 0 Å². The Bertz CT molecular complexity index is 904. The van der Waals surface area contributed by atoms with Gasteiger partial charge >= 0.3 is 0 Å². The van der Waals surface area contributed by atoms with Crippen LogP contribution in [0.2, 0.25) is 0 Å². The van der Waals surface area contributed by atoms with Crippen LogP contribution in [0.25, 0.3) is 0 Å². The molecule has 0 aliphatic carbocycles. The van der Waals surface area contributed by atoms with E-state index in [-0.39, 0.29) is 5.82 Å². The molecule has 0 heterocycles.